The quantitative estimate of drug-likeness (QED) is 0.641. The second-order valence-electron chi connectivity index (χ2n) is 4.97. The molecule has 2 heterocycles. The first-order valence-corrected chi connectivity index (χ1v) is 7.01. The first-order valence-electron chi connectivity index (χ1n) is 6.64. The summed E-state index contributed by atoms with van der Waals surface area (Å²) in [6.07, 6.45) is 1.30. The normalized spacial score (nSPS) is 15.3. The summed E-state index contributed by atoms with van der Waals surface area (Å²) in [4.78, 5) is 10.2. The molecule has 0 bridgehead atoms. The summed E-state index contributed by atoms with van der Waals surface area (Å²) in [7, 11) is 3.88. The Labute approximate surface area is 127 Å². The number of rotatable bonds is 3. The SMILES string of the molecule is CC(Oc1cc2ncnc(Cl)c2c2c1OCCO2)N(C)C. The van der Waals surface area contributed by atoms with Gasteiger partial charge in [-0.25, -0.2) is 9.97 Å². The lowest BCUT2D eigenvalue weighted by atomic mass is 10.2. The molecule has 1 atom stereocenters. The molecule has 1 aliphatic heterocycles. The van der Waals surface area contributed by atoms with Crippen LogP contribution in [0.3, 0.4) is 0 Å². The maximum Gasteiger partial charge on any atom is 0.204 e. The standard InChI is InChI=1S/C14H16ClN3O3/c1-8(18(2)3)21-10-6-9-11(14(15)17-7-16-9)13-12(10)19-4-5-20-13/h6-8H,4-5H2,1-3H3. The predicted octanol–water partition coefficient (Wildman–Crippen LogP) is 2.34. The van der Waals surface area contributed by atoms with Gasteiger partial charge in [0.15, 0.2) is 11.5 Å². The number of aromatic nitrogens is 2. The Kier molecular flexibility index (Phi) is 3.73. The zero-order valence-electron chi connectivity index (χ0n) is 12.1. The summed E-state index contributed by atoms with van der Waals surface area (Å²) in [6, 6.07) is 1.80. The fourth-order valence-electron chi connectivity index (χ4n) is 2.05. The molecule has 0 saturated heterocycles. The van der Waals surface area contributed by atoms with Gasteiger partial charge in [-0.05, 0) is 21.0 Å². The van der Waals surface area contributed by atoms with Gasteiger partial charge in [0.25, 0.3) is 0 Å². The zero-order chi connectivity index (χ0) is 15.0. The van der Waals surface area contributed by atoms with Crippen LogP contribution in [0, 0.1) is 0 Å². The summed E-state index contributed by atoms with van der Waals surface area (Å²) < 4.78 is 17.4. The van der Waals surface area contributed by atoms with Crippen LogP contribution < -0.4 is 14.2 Å². The first kappa shape index (κ1) is 14.2. The molecule has 0 radical (unpaired) electrons. The van der Waals surface area contributed by atoms with Crippen LogP contribution in [0.1, 0.15) is 6.92 Å². The molecule has 0 amide bonds. The van der Waals surface area contributed by atoms with E-state index < -0.39 is 0 Å². The number of benzene rings is 1. The molecular formula is C14H16ClN3O3. The molecule has 0 spiro atoms. The Morgan fingerprint density at radius 2 is 1.95 bits per heavy atom. The number of hydrogen-bond acceptors (Lipinski definition) is 6. The molecule has 2 aromatic rings. The third-order valence-corrected chi connectivity index (χ3v) is 3.64. The largest absolute Gasteiger partial charge is 0.485 e. The van der Waals surface area contributed by atoms with Gasteiger partial charge >= 0.3 is 0 Å². The molecule has 3 rings (SSSR count). The monoisotopic (exact) mass is 309 g/mol. The molecule has 0 aliphatic carbocycles. The van der Waals surface area contributed by atoms with Crippen molar-refractivity contribution in [3.05, 3.63) is 17.5 Å². The van der Waals surface area contributed by atoms with Crippen molar-refractivity contribution in [3.8, 4) is 17.2 Å². The average Bonchev–Trinajstić information content (AvgIpc) is 2.47. The maximum atomic E-state index is 6.17. The van der Waals surface area contributed by atoms with E-state index >= 15 is 0 Å². The van der Waals surface area contributed by atoms with Crippen molar-refractivity contribution in [1.82, 2.24) is 14.9 Å². The van der Waals surface area contributed by atoms with Crippen LogP contribution in [-0.4, -0.2) is 48.4 Å². The van der Waals surface area contributed by atoms with Crippen molar-refractivity contribution >= 4 is 22.5 Å². The van der Waals surface area contributed by atoms with E-state index in [1.54, 1.807) is 6.07 Å². The van der Waals surface area contributed by atoms with Gasteiger partial charge in [0, 0.05) is 6.07 Å². The number of nitrogens with zero attached hydrogens (tertiary/aromatic N) is 3. The van der Waals surface area contributed by atoms with E-state index in [0.717, 1.165) is 0 Å². The average molecular weight is 310 g/mol. The van der Waals surface area contributed by atoms with Crippen LogP contribution >= 0.6 is 11.6 Å². The second kappa shape index (κ2) is 5.54. The highest BCUT2D eigenvalue weighted by Gasteiger charge is 2.25. The van der Waals surface area contributed by atoms with Crippen molar-refractivity contribution < 1.29 is 14.2 Å². The molecule has 21 heavy (non-hydrogen) atoms. The summed E-state index contributed by atoms with van der Waals surface area (Å²) in [5.41, 5.74) is 0.667. The summed E-state index contributed by atoms with van der Waals surface area (Å²) in [5.74, 6) is 1.69. The Morgan fingerprint density at radius 1 is 1.24 bits per heavy atom. The molecule has 0 fully saturated rings. The molecule has 1 aromatic heterocycles. The third kappa shape index (κ3) is 2.56. The van der Waals surface area contributed by atoms with Crippen molar-refractivity contribution in [1.29, 1.82) is 0 Å². The molecule has 1 aliphatic rings. The van der Waals surface area contributed by atoms with E-state index in [0.29, 0.717) is 46.5 Å². The third-order valence-electron chi connectivity index (χ3n) is 3.36. The summed E-state index contributed by atoms with van der Waals surface area (Å²) in [6.45, 7) is 2.88. The van der Waals surface area contributed by atoms with E-state index in [9.17, 15) is 0 Å². The fraction of sp³-hybridized carbons (Fsp3) is 0.429. The van der Waals surface area contributed by atoms with Gasteiger partial charge in [0.2, 0.25) is 5.75 Å². The Balaban J connectivity index is 2.17. The second-order valence-corrected chi connectivity index (χ2v) is 5.33. The van der Waals surface area contributed by atoms with E-state index in [2.05, 4.69) is 9.97 Å². The lowest BCUT2D eigenvalue weighted by Crippen LogP contribution is -2.30. The van der Waals surface area contributed by atoms with Crippen LogP contribution in [0.15, 0.2) is 12.4 Å². The smallest absolute Gasteiger partial charge is 0.204 e. The highest BCUT2D eigenvalue weighted by Crippen LogP contribution is 2.46. The lowest BCUT2D eigenvalue weighted by molar-refractivity contribution is 0.0734. The molecule has 7 heteroatoms. The van der Waals surface area contributed by atoms with Crippen LogP contribution in [-0.2, 0) is 0 Å². The van der Waals surface area contributed by atoms with Gasteiger partial charge in [0.1, 0.15) is 30.9 Å². The zero-order valence-corrected chi connectivity index (χ0v) is 12.8. The van der Waals surface area contributed by atoms with Crippen LogP contribution in [0.2, 0.25) is 5.15 Å². The predicted molar refractivity (Wildman–Crippen MR) is 79.3 cm³/mol. The number of hydrogen-bond donors (Lipinski definition) is 0. The Hall–Kier alpha value is -1.79. The van der Waals surface area contributed by atoms with Gasteiger partial charge in [-0.15, -0.1) is 0 Å². The summed E-state index contributed by atoms with van der Waals surface area (Å²) >= 11 is 6.17. The molecular weight excluding hydrogens is 294 g/mol. The summed E-state index contributed by atoms with van der Waals surface area (Å²) in [5, 5.41) is 0.993. The molecule has 112 valence electrons. The minimum Gasteiger partial charge on any atom is -0.485 e. The first-order chi connectivity index (χ1) is 10.1. The number of halogens is 1. The molecule has 0 N–H and O–H groups in total. The van der Waals surface area contributed by atoms with Gasteiger partial charge in [-0.2, -0.15) is 0 Å². The lowest BCUT2D eigenvalue weighted by Gasteiger charge is -2.26. The number of ether oxygens (including phenoxy) is 3. The van der Waals surface area contributed by atoms with Gasteiger partial charge in [0.05, 0.1) is 10.9 Å². The van der Waals surface area contributed by atoms with E-state index in [1.807, 2.05) is 25.9 Å². The van der Waals surface area contributed by atoms with E-state index in [1.165, 1.54) is 6.33 Å². The van der Waals surface area contributed by atoms with Crippen LogP contribution in [0.5, 0.6) is 17.2 Å². The minimum absolute atomic E-state index is 0.116. The van der Waals surface area contributed by atoms with Crippen molar-refractivity contribution in [2.24, 2.45) is 0 Å². The van der Waals surface area contributed by atoms with Crippen molar-refractivity contribution in [2.45, 2.75) is 13.2 Å². The molecule has 1 unspecified atom stereocenters. The maximum absolute atomic E-state index is 6.17. The Morgan fingerprint density at radius 3 is 2.67 bits per heavy atom. The van der Waals surface area contributed by atoms with Crippen LogP contribution in [0.4, 0.5) is 0 Å². The van der Waals surface area contributed by atoms with Crippen molar-refractivity contribution in [3.63, 3.8) is 0 Å². The molecule has 6 nitrogen and oxygen atoms in total. The Bertz CT molecular complexity index is 678. The number of fused-ring (bicyclic) bond motifs is 3. The topological polar surface area (TPSA) is 56.7 Å². The van der Waals surface area contributed by atoms with Crippen LogP contribution in [0.25, 0.3) is 10.9 Å². The van der Waals surface area contributed by atoms with Gasteiger partial charge < -0.3 is 14.2 Å². The fourth-order valence-corrected chi connectivity index (χ4v) is 2.28. The highest BCUT2D eigenvalue weighted by molar-refractivity contribution is 6.34. The van der Waals surface area contributed by atoms with E-state index in [4.69, 9.17) is 25.8 Å². The van der Waals surface area contributed by atoms with Crippen molar-refractivity contribution in [2.75, 3.05) is 27.3 Å². The molecule has 1 aromatic carbocycles. The minimum atomic E-state index is -0.116. The van der Waals surface area contributed by atoms with E-state index in [-0.39, 0.29) is 6.23 Å². The van der Waals surface area contributed by atoms with Gasteiger partial charge in [-0.3, -0.25) is 4.90 Å². The molecule has 0 saturated carbocycles. The van der Waals surface area contributed by atoms with Gasteiger partial charge in [-0.1, -0.05) is 11.6 Å². The highest BCUT2D eigenvalue weighted by atomic mass is 35.5.